The van der Waals surface area contributed by atoms with Crippen LogP contribution in [0.4, 0.5) is 11.5 Å². The van der Waals surface area contributed by atoms with Crippen molar-refractivity contribution in [3.63, 3.8) is 0 Å². The number of hydrogen-bond acceptors (Lipinski definition) is 7. The van der Waals surface area contributed by atoms with E-state index in [0.717, 1.165) is 30.5 Å². The number of nitrogens with one attached hydrogen (secondary N) is 1. The van der Waals surface area contributed by atoms with Crippen molar-refractivity contribution in [3.05, 3.63) is 53.7 Å². The van der Waals surface area contributed by atoms with Crippen molar-refractivity contribution in [2.45, 2.75) is 50.0 Å². The number of nitrogens with zero attached hydrogens (tertiary/aromatic N) is 5. The van der Waals surface area contributed by atoms with E-state index in [1.54, 1.807) is 4.90 Å². The molecule has 1 fully saturated rings. The van der Waals surface area contributed by atoms with Gasteiger partial charge < -0.3 is 19.9 Å². The molecule has 0 bridgehead atoms. The molecule has 1 aliphatic carbocycles. The van der Waals surface area contributed by atoms with Crippen LogP contribution in [0, 0.1) is 11.3 Å². The molecule has 3 aliphatic rings. The van der Waals surface area contributed by atoms with Crippen molar-refractivity contribution in [1.82, 2.24) is 14.9 Å². The van der Waals surface area contributed by atoms with Gasteiger partial charge in [-0.3, -0.25) is 9.59 Å². The van der Waals surface area contributed by atoms with Gasteiger partial charge in [-0.2, -0.15) is 15.2 Å². The zero-order valence-corrected chi connectivity index (χ0v) is 20.7. The largest absolute Gasteiger partial charge is 0.467 e. The molecule has 2 amide bonds. The first kappa shape index (κ1) is 23.8. The van der Waals surface area contributed by atoms with Gasteiger partial charge in [-0.25, -0.2) is 0 Å². The van der Waals surface area contributed by atoms with E-state index < -0.39 is 11.0 Å². The molecule has 1 spiro atoms. The van der Waals surface area contributed by atoms with Gasteiger partial charge in [0.1, 0.15) is 5.69 Å². The Hall–Kier alpha value is -3.93. The van der Waals surface area contributed by atoms with Crippen LogP contribution in [-0.2, 0) is 27.8 Å². The first-order valence-electron chi connectivity index (χ1n) is 12.3. The number of nitriles is 1. The summed E-state index contributed by atoms with van der Waals surface area (Å²) in [4.78, 5) is 39.3. The maximum Gasteiger partial charge on any atom is 0.318 e. The Kier molecular flexibility index (Phi) is 5.91. The van der Waals surface area contributed by atoms with Crippen molar-refractivity contribution >= 4 is 23.3 Å². The molecule has 2 aromatic rings. The molecule has 1 aromatic carbocycles. The van der Waals surface area contributed by atoms with Gasteiger partial charge in [-0.05, 0) is 43.4 Å². The van der Waals surface area contributed by atoms with Gasteiger partial charge in [-0.15, -0.1) is 0 Å². The molecular weight excluding hydrogens is 456 g/mol. The van der Waals surface area contributed by atoms with Crippen LogP contribution in [0.15, 0.2) is 36.9 Å². The first-order valence-corrected chi connectivity index (χ1v) is 12.3. The third-order valence-electron chi connectivity index (χ3n) is 7.83. The maximum atomic E-state index is 13.8. The Morgan fingerprint density at radius 1 is 1.33 bits per heavy atom. The second kappa shape index (κ2) is 8.94. The van der Waals surface area contributed by atoms with E-state index >= 15 is 0 Å². The van der Waals surface area contributed by atoms with Gasteiger partial charge in [0.2, 0.25) is 11.8 Å². The number of carbonyl (C=O) groups excluding carboxylic acids is 2. The average Bonchev–Trinajstić information content (AvgIpc) is 2.88. The van der Waals surface area contributed by atoms with Crippen LogP contribution in [0.25, 0.3) is 0 Å². The standard InChI is InChI=1S/C27H30N6O3/c1-4-21(34)33-15-14-32(17-26(33,2)12-13-28)23-22-20(29-25(31-23)36-3)16-27(24(35)30-22)11-7-9-18-8-5-6-10-19(18)27/h4-6,8,10H,1,7,9,11-12,14-17H2,2-3H3,(H,30,35)/t26-,27?/m1/s1. The predicted octanol–water partition coefficient (Wildman–Crippen LogP) is 2.76. The highest BCUT2D eigenvalue weighted by Crippen LogP contribution is 2.46. The molecule has 9 nitrogen and oxygen atoms in total. The number of benzene rings is 1. The summed E-state index contributed by atoms with van der Waals surface area (Å²) in [5.74, 6) is 0.303. The van der Waals surface area contributed by atoms with Crippen molar-refractivity contribution in [1.29, 1.82) is 5.26 Å². The van der Waals surface area contributed by atoms with E-state index in [1.807, 2.05) is 24.0 Å². The summed E-state index contributed by atoms with van der Waals surface area (Å²) in [5.41, 5.74) is 2.17. The van der Waals surface area contributed by atoms with E-state index in [2.05, 4.69) is 40.1 Å². The maximum absolute atomic E-state index is 13.8. The van der Waals surface area contributed by atoms with Gasteiger partial charge in [0.15, 0.2) is 5.82 Å². The lowest BCUT2D eigenvalue weighted by atomic mass is 9.65. The summed E-state index contributed by atoms with van der Waals surface area (Å²) in [6.45, 7) is 6.76. The molecule has 1 saturated heterocycles. The molecule has 5 rings (SSSR count). The van der Waals surface area contributed by atoms with Crippen LogP contribution in [0.2, 0.25) is 0 Å². The highest BCUT2D eigenvalue weighted by Gasteiger charge is 2.49. The zero-order valence-electron chi connectivity index (χ0n) is 20.7. The second-order valence-electron chi connectivity index (χ2n) is 10.0. The molecule has 36 heavy (non-hydrogen) atoms. The van der Waals surface area contributed by atoms with E-state index in [1.165, 1.54) is 18.7 Å². The lowest BCUT2D eigenvalue weighted by molar-refractivity contribution is -0.132. The summed E-state index contributed by atoms with van der Waals surface area (Å²) in [7, 11) is 1.53. The Bertz CT molecular complexity index is 1290. The molecule has 2 atom stereocenters. The second-order valence-corrected chi connectivity index (χ2v) is 10.0. The number of piperazine rings is 1. The summed E-state index contributed by atoms with van der Waals surface area (Å²) in [6, 6.07) is 10.6. The molecule has 0 saturated carbocycles. The van der Waals surface area contributed by atoms with E-state index in [9.17, 15) is 14.9 Å². The molecule has 1 aromatic heterocycles. The Labute approximate surface area is 210 Å². The quantitative estimate of drug-likeness (QED) is 0.662. The highest BCUT2D eigenvalue weighted by molar-refractivity contribution is 6.04. The van der Waals surface area contributed by atoms with Crippen LogP contribution in [0.1, 0.15) is 43.0 Å². The van der Waals surface area contributed by atoms with E-state index in [-0.39, 0.29) is 24.2 Å². The SMILES string of the molecule is C=CC(=O)N1CCN(c2nc(OC)nc3c2NC(=O)C2(CCCc4ccccc42)C3)C[C@@]1(C)CC#N. The number of ether oxygens (including phenoxy) is 1. The Morgan fingerprint density at radius 3 is 2.89 bits per heavy atom. The monoisotopic (exact) mass is 486 g/mol. The van der Waals surface area contributed by atoms with E-state index in [4.69, 9.17) is 4.74 Å². The van der Waals surface area contributed by atoms with Gasteiger partial charge >= 0.3 is 6.01 Å². The number of fused-ring (bicyclic) bond motifs is 3. The minimum absolute atomic E-state index is 0.0441. The van der Waals surface area contributed by atoms with Crippen LogP contribution in [-0.4, -0.2) is 59.0 Å². The molecule has 186 valence electrons. The fraction of sp³-hybridized carbons (Fsp3) is 0.444. The lowest BCUT2D eigenvalue weighted by Crippen LogP contribution is -2.62. The summed E-state index contributed by atoms with van der Waals surface area (Å²) in [6.07, 6.45) is 4.53. The third kappa shape index (κ3) is 3.68. The topological polar surface area (TPSA) is 111 Å². The number of methoxy groups -OCH3 is 1. The van der Waals surface area contributed by atoms with Crippen LogP contribution < -0.4 is 15.0 Å². The van der Waals surface area contributed by atoms with Crippen molar-refractivity contribution < 1.29 is 14.3 Å². The molecular formula is C27H30N6O3. The van der Waals surface area contributed by atoms with Crippen molar-refractivity contribution in [2.24, 2.45) is 0 Å². The number of aromatic nitrogens is 2. The average molecular weight is 487 g/mol. The number of rotatable bonds is 4. The summed E-state index contributed by atoms with van der Waals surface area (Å²) in [5, 5.41) is 12.7. The van der Waals surface area contributed by atoms with Crippen LogP contribution >= 0.6 is 0 Å². The number of anilines is 2. The van der Waals surface area contributed by atoms with Crippen molar-refractivity contribution in [2.75, 3.05) is 37.0 Å². The molecule has 3 heterocycles. The molecule has 1 unspecified atom stereocenters. The normalized spacial score (nSPS) is 24.9. The number of carbonyl (C=O) groups is 2. The fourth-order valence-corrected chi connectivity index (χ4v) is 6.04. The first-order chi connectivity index (χ1) is 17.3. The van der Waals surface area contributed by atoms with Gasteiger partial charge in [0, 0.05) is 26.1 Å². The summed E-state index contributed by atoms with van der Waals surface area (Å²) < 4.78 is 5.47. The van der Waals surface area contributed by atoms with E-state index in [0.29, 0.717) is 37.6 Å². The smallest absolute Gasteiger partial charge is 0.318 e. The lowest BCUT2D eigenvalue weighted by Gasteiger charge is -2.49. The Morgan fingerprint density at radius 2 is 2.14 bits per heavy atom. The third-order valence-corrected chi connectivity index (χ3v) is 7.83. The zero-order chi connectivity index (χ0) is 25.5. The van der Waals surface area contributed by atoms with Crippen LogP contribution in [0.5, 0.6) is 6.01 Å². The van der Waals surface area contributed by atoms with Gasteiger partial charge in [0.05, 0.1) is 36.2 Å². The Balaban J connectivity index is 1.56. The van der Waals surface area contributed by atoms with Gasteiger partial charge in [0.25, 0.3) is 0 Å². The minimum Gasteiger partial charge on any atom is -0.467 e. The minimum atomic E-state index is -0.744. The fourth-order valence-electron chi connectivity index (χ4n) is 6.04. The highest BCUT2D eigenvalue weighted by atomic mass is 16.5. The molecule has 0 radical (unpaired) electrons. The van der Waals surface area contributed by atoms with Gasteiger partial charge in [-0.1, -0.05) is 30.8 Å². The van der Waals surface area contributed by atoms with Crippen LogP contribution in [0.3, 0.4) is 0 Å². The van der Waals surface area contributed by atoms with Crippen molar-refractivity contribution in [3.8, 4) is 12.1 Å². The number of hydrogen-bond donors (Lipinski definition) is 1. The number of aryl methyl sites for hydroxylation is 1. The molecule has 9 heteroatoms. The predicted molar refractivity (Wildman–Crippen MR) is 135 cm³/mol. The molecule has 2 aliphatic heterocycles. The molecule has 1 N–H and O–H groups in total. The number of amides is 2. The summed E-state index contributed by atoms with van der Waals surface area (Å²) >= 11 is 0.